The van der Waals surface area contributed by atoms with E-state index in [4.69, 9.17) is 15.2 Å². The van der Waals surface area contributed by atoms with Crippen LogP contribution in [0.3, 0.4) is 0 Å². The van der Waals surface area contributed by atoms with E-state index in [1.807, 2.05) is 4.90 Å². The highest BCUT2D eigenvalue weighted by Gasteiger charge is 2.33. The standard InChI is InChI=1S/C15H19FN4O4S/c16-12-7-10(1-2-13(12)19-3-5-23-6-4-19)20-8-11(24-15(20)22)9-25-18-14(17)21/h1-2,7,11H,3-6,8-9H2,(H3,17,18,21). The third-order valence-corrected chi connectivity index (χ3v) is 4.79. The topological polar surface area (TPSA) is 97.1 Å². The maximum absolute atomic E-state index is 14.5. The van der Waals surface area contributed by atoms with E-state index in [0.29, 0.717) is 43.4 Å². The molecule has 1 atom stereocenters. The predicted molar refractivity (Wildman–Crippen MR) is 92.2 cm³/mol. The van der Waals surface area contributed by atoms with E-state index < -0.39 is 18.2 Å². The van der Waals surface area contributed by atoms with Crippen LogP contribution in [0.2, 0.25) is 0 Å². The second-order valence-electron chi connectivity index (χ2n) is 5.63. The molecule has 8 nitrogen and oxygen atoms in total. The van der Waals surface area contributed by atoms with E-state index >= 15 is 0 Å². The second-order valence-corrected chi connectivity index (χ2v) is 6.45. The van der Waals surface area contributed by atoms with Crippen LogP contribution in [0.1, 0.15) is 0 Å². The Morgan fingerprint density at radius 1 is 1.40 bits per heavy atom. The normalized spacial score (nSPS) is 20.5. The molecule has 2 fully saturated rings. The van der Waals surface area contributed by atoms with Gasteiger partial charge in [0.2, 0.25) is 0 Å². The quantitative estimate of drug-likeness (QED) is 0.759. The zero-order chi connectivity index (χ0) is 17.8. The fourth-order valence-electron chi connectivity index (χ4n) is 2.75. The number of nitrogens with one attached hydrogen (secondary N) is 1. The zero-order valence-electron chi connectivity index (χ0n) is 13.4. The lowest BCUT2D eigenvalue weighted by atomic mass is 10.2. The number of cyclic esters (lactones) is 1. The number of morpholine rings is 1. The number of ether oxygens (including phenoxy) is 2. The number of carbonyl (C=O) groups excluding carboxylic acids is 2. The van der Waals surface area contributed by atoms with E-state index in [1.165, 1.54) is 11.0 Å². The Balaban J connectivity index is 1.64. The van der Waals surface area contributed by atoms with E-state index in [9.17, 15) is 14.0 Å². The summed E-state index contributed by atoms with van der Waals surface area (Å²) in [6, 6.07) is 4.04. The van der Waals surface area contributed by atoms with Gasteiger partial charge in [0.1, 0.15) is 11.9 Å². The molecule has 2 heterocycles. The molecule has 1 unspecified atom stereocenters. The lowest BCUT2D eigenvalue weighted by Gasteiger charge is -2.29. The second kappa shape index (κ2) is 7.79. The van der Waals surface area contributed by atoms with Crippen molar-refractivity contribution in [2.24, 2.45) is 5.73 Å². The molecule has 25 heavy (non-hydrogen) atoms. The van der Waals surface area contributed by atoms with E-state index in [-0.39, 0.29) is 12.4 Å². The summed E-state index contributed by atoms with van der Waals surface area (Å²) in [6.07, 6.45) is -0.950. The number of urea groups is 1. The number of hydrogen-bond acceptors (Lipinski definition) is 6. The zero-order valence-corrected chi connectivity index (χ0v) is 14.3. The van der Waals surface area contributed by atoms with E-state index in [2.05, 4.69) is 4.72 Å². The molecule has 0 spiro atoms. The van der Waals surface area contributed by atoms with E-state index in [0.717, 1.165) is 11.9 Å². The third kappa shape index (κ3) is 4.26. The molecule has 0 saturated carbocycles. The van der Waals surface area contributed by atoms with Crippen molar-refractivity contribution < 1.29 is 23.5 Å². The van der Waals surface area contributed by atoms with Crippen molar-refractivity contribution in [2.75, 3.05) is 48.4 Å². The summed E-state index contributed by atoms with van der Waals surface area (Å²) in [5, 5.41) is 0. The van der Waals surface area contributed by atoms with Crippen molar-refractivity contribution in [1.29, 1.82) is 0 Å². The summed E-state index contributed by atoms with van der Waals surface area (Å²) in [5.74, 6) is -0.0279. The van der Waals surface area contributed by atoms with Gasteiger partial charge < -0.3 is 20.1 Å². The predicted octanol–water partition coefficient (Wildman–Crippen LogP) is 1.30. The van der Waals surface area contributed by atoms with Gasteiger partial charge in [0, 0.05) is 13.1 Å². The first kappa shape index (κ1) is 17.6. The van der Waals surface area contributed by atoms with Crippen molar-refractivity contribution in [3.63, 3.8) is 0 Å². The van der Waals surface area contributed by atoms with Crippen LogP contribution in [-0.2, 0) is 9.47 Å². The number of primary amides is 1. The molecule has 0 bridgehead atoms. The number of nitrogens with two attached hydrogens (primary N) is 1. The van der Waals surface area contributed by atoms with Crippen LogP contribution in [-0.4, -0.2) is 56.8 Å². The Bertz CT molecular complexity index is 656. The molecular weight excluding hydrogens is 351 g/mol. The first-order chi connectivity index (χ1) is 12.0. The number of nitrogens with zero attached hydrogens (tertiary/aromatic N) is 2. The summed E-state index contributed by atoms with van der Waals surface area (Å²) < 4.78 is 27.3. The monoisotopic (exact) mass is 370 g/mol. The fourth-order valence-corrected chi connectivity index (χ4v) is 3.33. The maximum atomic E-state index is 14.5. The van der Waals surface area contributed by atoms with Crippen molar-refractivity contribution in [1.82, 2.24) is 4.72 Å². The molecule has 3 N–H and O–H groups in total. The van der Waals surface area contributed by atoms with E-state index in [1.54, 1.807) is 12.1 Å². The lowest BCUT2D eigenvalue weighted by Crippen LogP contribution is -2.36. The lowest BCUT2D eigenvalue weighted by molar-refractivity contribution is 0.122. The molecule has 3 amide bonds. The van der Waals surface area contributed by atoms with Crippen molar-refractivity contribution in [2.45, 2.75) is 6.10 Å². The molecule has 1 aromatic carbocycles. The van der Waals surface area contributed by atoms with Crippen LogP contribution in [0.15, 0.2) is 18.2 Å². The first-order valence-electron chi connectivity index (χ1n) is 7.82. The molecule has 0 radical (unpaired) electrons. The SMILES string of the molecule is NC(=O)NSCC1CN(c2ccc(N3CCOCC3)c(F)c2)C(=O)O1. The number of halogens is 1. The number of hydrogen-bond donors (Lipinski definition) is 2. The first-order valence-corrected chi connectivity index (χ1v) is 8.81. The molecule has 2 aliphatic heterocycles. The number of benzene rings is 1. The molecule has 1 aromatic rings. The minimum absolute atomic E-state index is 0.280. The Morgan fingerprint density at radius 2 is 2.16 bits per heavy atom. The minimum Gasteiger partial charge on any atom is -0.443 e. The molecule has 136 valence electrons. The van der Waals surface area contributed by atoms with Gasteiger partial charge in [-0.3, -0.25) is 9.62 Å². The fraction of sp³-hybridized carbons (Fsp3) is 0.467. The Kier molecular flexibility index (Phi) is 5.49. The summed E-state index contributed by atoms with van der Waals surface area (Å²) in [7, 11) is 0. The number of anilines is 2. The highest BCUT2D eigenvalue weighted by atomic mass is 32.2. The maximum Gasteiger partial charge on any atom is 0.414 e. The number of rotatable bonds is 5. The van der Waals surface area contributed by atoms with Gasteiger partial charge in [-0.25, -0.2) is 14.0 Å². The summed E-state index contributed by atoms with van der Waals surface area (Å²) >= 11 is 1.06. The summed E-state index contributed by atoms with van der Waals surface area (Å²) in [6.45, 7) is 2.68. The van der Waals surface area contributed by atoms with Crippen molar-refractivity contribution >= 4 is 35.4 Å². The van der Waals surface area contributed by atoms with Gasteiger partial charge in [0.25, 0.3) is 0 Å². The van der Waals surface area contributed by atoms with Crippen molar-refractivity contribution in [3.05, 3.63) is 24.0 Å². The van der Waals surface area contributed by atoms with Gasteiger partial charge >= 0.3 is 12.1 Å². The summed E-state index contributed by atoms with van der Waals surface area (Å²) in [5.41, 5.74) is 5.91. The van der Waals surface area contributed by atoms with Gasteiger partial charge in [-0.2, -0.15) is 0 Å². The number of amides is 3. The van der Waals surface area contributed by atoms with Crippen LogP contribution in [0.25, 0.3) is 0 Å². The van der Waals surface area contributed by atoms with Gasteiger partial charge in [-0.05, 0) is 30.1 Å². The minimum atomic E-state index is -0.660. The van der Waals surface area contributed by atoms with Crippen molar-refractivity contribution in [3.8, 4) is 0 Å². The Morgan fingerprint density at radius 3 is 2.84 bits per heavy atom. The highest BCUT2D eigenvalue weighted by Crippen LogP contribution is 2.28. The van der Waals surface area contributed by atoms with Gasteiger partial charge in [0.15, 0.2) is 0 Å². The molecule has 10 heteroatoms. The van der Waals surface area contributed by atoms with Crippen LogP contribution in [0.4, 0.5) is 25.4 Å². The molecule has 2 saturated heterocycles. The molecular formula is C15H19FN4O4S. The molecule has 0 aromatic heterocycles. The Labute approximate surface area is 148 Å². The van der Waals surface area contributed by atoms with Gasteiger partial charge in [0.05, 0.1) is 36.9 Å². The largest absolute Gasteiger partial charge is 0.443 e. The molecule has 0 aliphatic carbocycles. The highest BCUT2D eigenvalue weighted by molar-refractivity contribution is 7.97. The van der Waals surface area contributed by atoms with Gasteiger partial charge in [-0.15, -0.1) is 0 Å². The average molecular weight is 370 g/mol. The van der Waals surface area contributed by atoms with Gasteiger partial charge in [-0.1, -0.05) is 0 Å². The van der Waals surface area contributed by atoms with Crippen LogP contribution in [0, 0.1) is 5.82 Å². The average Bonchev–Trinajstić information content (AvgIpc) is 2.96. The van der Waals surface area contributed by atoms with Crippen LogP contribution < -0.4 is 20.3 Å². The molecule has 2 aliphatic rings. The third-order valence-electron chi connectivity index (χ3n) is 3.91. The smallest absolute Gasteiger partial charge is 0.414 e. The molecule has 3 rings (SSSR count). The number of carbonyl (C=O) groups is 2. The van der Waals surface area contributed by atoms with Crippen LogP contribution >= 0.6 is 11.9 Å². The van der Waals surface area contributed by atoms with Crippen LogP contribution in [0.5, 0.6) is 0 Å². The summed E-state index contributed by atoms with van der Waals surface area (Å²) in [4.78, 5) is 25.9. The Hall–Kier alpha value is -2.20.